The van der Waals surface area contributed by atoms with E-state index in [0.29, 0.717) is 6.42 Å². The molecule has 0 heterocycles. The molecule has 1 N–H and O–H groups in total. The standard InChI is InChI=1S/C12H21NO4/c1-8(2)7-9(10(14)16-6)13-11(15)17-12(3,4)5/h9H,1,7H2,2-6H3,(H,13,15)/t9-/m0/s1. The Morgan fingerprint density at radius 3 is 2.24 bits per heavy atom. The Morgan fingerprint density at radius 2 is 1.88 bits per heavy atom. The molecule has 5 heteroatoms. The zero-order chi connectivity index (χ0) is 13.6. The summed E-state index contributed by atoms with van der Waals surface area (Å²) in [6, 6.07) is -0.757. The molecule has 1 atom stereocenters. The molecule has 5 nitrogen and oxygen atoms in total. The lowest BCUT2D eigenvalue weighted by atomic mass is 10.1. The number of hydrogen-bond donors (Lipinski definition) is 1. The van der Waals surface area contributed by atoms with Gasteiger partial charge >= 0.3 is 12.1 Å². The van der Waals surface area contributed by atoms with Crippen LogP contribution < -0.4 is 5.32 Å². The van der Waals surface area contributed by atoms with E-state index in [0.717, 1.165) is 5.57 Å². The summed E-state index contributed by atoms with van der Waals surface area (Å²) in [5.74, 6) is -0.515. The van der Waals surface area contributed by atoms with E-state index >= 15 is 0 Å². The molecule has 0 aromatic carbocycles. The summed E-state index contributed by atoms with van der Waals surface area (Å²) in [5, 5.41) is 2.46. The summed E-state index contributed by atoms with van der Waals surface area (Å²) in [7, 11) is 1.27. The van der Waals surface area contributed by atoms with Crippen LogP contribution in [0.1, 0.15) is 34.1 Å². The maximum absolute atomic E-state index is 11.5. The first-order valence-electron chi connectivity index (χ1n) is 5.37. The van der Waals surface area contributed by atoms with E-state index in [-0.39, 0.29) is 0 Å². The van der Waals surface area contributed by atoms with Crippen LogP contribution in [0.15, 0.2) is 12.2 Å². The van der Waals surface area contributed by atoms with Crippen molar-refractivity contribution >= 4 is 12.1 Å². The highest BCUT2D eigenvalue weighted by Crippen LogP contribution is 2.09. The fourth-order valence-corrected chi connectivity index (χ4v) is 1.13. The summed E-state index contributed by atoms with van der Waals surface area (Å²) in [6.07, 6.45) is -0.319. The van der Waals surface area contributed by atoms with Gasteiger partial charge in [-0.05, 0) is 34.1 Å². The predicted molar refractivity (Wildman–Crippen MR) is 64.6 cm³/mol. The summed E-state index contributed by atoms with van der Waals surface area (Å²) >= 11 is 0. The first-order chi connectivity index (χ1) is 7.65. The van der Waals surface area contributed by atoms with E-state index in [4.69, 9.17) is 4.74 Å². The molecular formula is C12H21NO4. The number of rotatable bonds is 4. The fraction of sp³-hybridized carbons (Fsp3) is 0.667. The van der Waals surface area contributed by atoms with Gasteiger partial charge in [-0.1, -0.05) is 5.57 Å². The molecule has 0 bridgehead atoms. The number of ether oxygens (including phenoxy) is 2. The normalized spacial score (nSPS) is 12.5. The van der Waals surface area contributed by atoms with E-state index in [1.54, 1.807) is 27.7 Å². The second-order valence-electron chi connectivity index (χ2n) is 4.88. The third-order valence-corrected chi connectivity index (χ3v) is 1.73. The van der Waals surface area contributed by atoms with E-state index in [9.17, 15) is 9.59 Å². The lowest BCUT2D eigenvalue weighted by Crippen LogP contribution is -2.44. The van der Waals surface area contributed by atoms with Gasteiger partial charge in [0.2, 0.25) is 0 Å². The largest absolute Gasteiger partial charge is 0.467 e. The van der Waals surface area contributed by atoms with Gasteiger partial charge in [-0.25, -0.2) is 9.59 Å². The van der Waals surface area contributed by atoms with Crippen LogP contribution >= 0.6 is 0 Å². The molecule has 98 valence electrons. The fourth-order valence-electron chi connectivity index (χ4n) is 1.13. The van der Waals surface area contributed by atoms with Crippen LogP contribution in [0, 0.1) is 0 Å². The zero-order valence-corrected chi connectivity index (χ0v) is 11.1. The average molecular weight is 243 g/mol. The van der Waals surface area contributed by atoms with Crippen molar-refractivity contribution in [2.75, 3.05) is 7.11 Å². The van der Waals surface area contributed by atoms with Crippen molar-refractivity contribution in [3.8, 4) is 0 Å². The molecule has 0 spiro atoms. The topological polar surface area (TPSA) is 64.6 Å². The van der Waals surface area contributed by atoms with Crippen LogP contribution in [0.4, 0.5) is 4.79 Å². The van der Waals surface area contributed by atoms with Crippen molar-refractivity contribution in [3.63, 3.8) is 0 Å². The number of hydrogen-bond acceptors (Lipinski definition) is 4. The van der Waals surface area contributed by atoms with Crippen molar-refractivity contribution in [3.05, 3.63) is 12.2 Å². The average Bonchev–Trinajstić information content (AvgIpc) is 2.11. The number of alkyl carbamates (subject to hydrolysis) is 1. The second kappa shape index (κ2) is 6.27. The quantitative estimate of drug-likeness (QED) is 0.606. The van der Waals surface area contributed by atoms with Gasteiger partial charge in [-0.3, -0.25) is 0 Å². The van der Waals surface area contributed by atoms with Crippen LogP contribution in [0.5, 0.6) is 0 Å². The van der Waals surface area contributed by atoms with Gasteiger partial charge in [0.25, 0.3) is 0 Å². The Morgan fingerprint density at radius 1 is 1.35 bits per heavy atom. The zero-order valence-electron chi connectivity index (χ0n) is 11.1. The molecule has 17 heavy (non-hydrogen) atoms. The molecule has 0 aromatic heterocycles. The molecule has 0 fully saturated rings. The molecule has 0 saturated carbocycles. The minimum Gasteiger partial charge on any atom is -0.467 e. The monoisotopic (exact) mass is 243 g/mol. The molecule has 0 aliphatic heterocycles. The number of carbonyl (C=O) groups excluding carboxylic acids is 2. The Bertz CT molecular complexity index is 304. The third kappa shape index (κ3) is 7.38. The van der Waals surface area contributed by atoms with Gasteiger partial charge in [0.15, 0.2) is 0 Å². The molecule has 0 aliphatic rings. The smallest absolute Gasteiger partial charge is 0.408 e. The van der Waals surface area contributed by atoms with Gasteiger partial charge in [0, 0.05) is 0 Å². The lowest BCUT2D eigenvalue weighted by molar-refractivity contribution is -0.143. The van der Waals surface area contributed by atoms with E-state index in [2.05, 4.69) is 16.6 Å². The van der Waals surface area contributed by atoms with Crippen LogP contribution in [0.3, 0.4) is 0 Å². The van der Waals surface area contributed by atoms with Gasteiger partial charge < -0.3 is 14.8 Å². The Kier molecular flexibility index (Phi) is 5.71. The van der Waals surface area contributed by atoms with Gasteiger partial charge in [-0.2, -0.15) is 0 Å². The first kappa shape index (κ1) is 15.5. The summed E-state index contributed by atoms with van der Waals surface area (Å²) in [4.78, 5) is 22.9. The summed E-state index contributed by atoms with van der Waals surface area (Å²) in [5.41, 5.74) is 0.171. The highest BCUT2D eigenvalue weighted by atomic mass is 16.6. The van der Waals surface area contributed by atoms with E-state index in [1.165, 1.54) is 7.11 Å². The molecule has 0 unspecified atom stereocenters. The lowest BCUT2D eigenvalue weighted by Gasteiger charge is -2.22. The molecule has 0 saturated heterocycles. The van der Waals surface area contributed by atoms with Gasteiger partial charge in [0.05, 0.1) is 7.11 Å². The summed E-state index contributed by atoms with van der Waals surface area (Å²) < 4.78 is 9.65. The van der Waals surface area contributed by atoms with Crippen molar-refractivity contribution < 1.29 is 19.1 Å². The van der Waals surface area contributed by atoms with E-state index in [1.807, 2.05) is 0 Å². The third-order valence-electron chi connectivity index (χ3n) is 1.73. The maximum Gasteiger partial charge on any atom is 0.408 e. The molecular weight excluding hydrogens is 222 g/mol. The maximum atomic E-state index is 11.5. The molecule has 0 rings (SSSR count). The minimum atomic E-state index is -0.757. The Hall–Kier alpha value is -1.52. The van der Waals surface area contributed by atoms with Crippen LogP contribution in [-0.2, 0) is 14.3 Å². The van der Waals surface area contributed by atoms with Crippen LogP contribution in [0.2, 0.25) is 0 Å². The summed E-state index contributed by atoms with van der Waals surface area (Å²) in [6.45, 7) is 10.7. The highest BCUT2D eigenvalue weighted by Gasteiger charge is 2.24. The SMILES string of the molecule is C=C(C)C[C@H](NC(=O)OC(C)(C)C)C(=O)OC. The van der Waals surface area contributed by atoms with Crippen LogP contribution in [0.25, 0.3) is 0 Å². The van der Waals surface area contributed by atoms with Crippen molar-refractivity contribution in [1.29, 1.82) is 0 Å². The molecule has 0 aliphatic carbocycles. The van der Waals surface area contributed by atoms with E-state index < -0.39 is 23.7 Å². The Labute approximate surface area is 102 Å². The number of esters is 1. The number of carbonyl (C=O) groups is 2. The van der Waals surface area contributed by atoms with Crippen molar-refractivity contribution in [2.24, 2.45) is 0 Å². The molecule has 0 radical (unpaired) electrons. The van der Waals surface area contributed by atoms with Crippen LogP contribution in [-0.4, -0.2) is 30.8 Å². The predicted octanol–water partition coefficient (Wildman–Crippen LogP) is 2.02. The first-order valence-corrected chi connectivity index (χ1v) is 5.37. The molecule has 0 aromatic rings. The second-order valence-corrected chi connectivity index (χ2v) is 4.88. The Balaban J connectivity index is 4.48. The van der Waals surface area contributed by atoms with Crippen molar-refractivity contribution in [1.82, 2.24) is 5.32 Å². The van der Waals surface area contributed by atoms with Gasteiger partial charge in [-0.15, -0.1) is 6.58 Å². The highest BCUT2D eigenvalue weighted by molar-refractivity contribution is 5.81. The number of methoxy groups -OCH3 is 1. The number of amides is 1. The minimum absolute atomic E-state index is 0.325. The number of nitrogens with one attached hydrogen (secondary N) is 1. The van der Waals surface area contributed by atoms with Crippen molar-refractivity contribution in [2.45, 2.75) is 45.8 Å². The van der Waals surface area contributed by atoms with Gasteiger partial charge in [0.1, 0.15) is 11.6 Å². The molecule has 1 amide bonds.